The molecule has 0 aliphatic carbocycles. The average molecular weight is 354 g/mol. The number of benzene rings is 1. The Kier molecular flexibility index (Phi) is 3.98. The van der Waals surface area contributed by atoms with Gasteiger partial charge >= 0.3 is 0 Å². The van der Waals surface area contributed by atoms with Crippen LogP contribution in [0.25, 0.3) is 0 Å². The number of rotatable bonds is 3. The molecule has 5 nitrogen and oxygen atoms in total. The monoisotopic (exact) mass is 353 g/mol. The molecule has 0 amide bonds. The minimum Gasteiger partial charge on any atom is -0.486 e. The van der Waals surface area contributed by atoms with E-state index in [9.17, 15) is 0 Å². The van der Waals surface area contributed by atoms with Crippen molar-refractivity contribution in [2.75, 3.05) is 25.6 Å². The molecule has 0 fully saturated rings. The Bertz CT molecular complexity index is 639. The number of halogens is 1. The standard InChI is InChI=1S/C13H12BrN3O2S/c1-15-13-16-7-9(14)12(17-13)20-8-2-3-10-11(6-8)19-5-4-18-10/h2-3,6-7H,4-5H2,1H3,(H,15,16,17). The summed E-state index contributed by atoms with van der Waals surface area (Å²) in [6, 6.07) is 5.88. The highest BCUT2D eigenvalue weighted by Crippen LogP contribution is 2.38. The van der Waals surface area contributed by atoms with Crippen LogP contribution >= 0.6 is 27.7 Å². The number of anilines is 1. The van der Waals surface area contributed by atoms with E-state index in [2.05, 4.69) is 31.2 Å². The fourth-order valence-electron chi connectivity index (χ4n) is 1.74. The van der Waals surface area contributed by atoms with Crippen LogP contribution in [0.5, 0.6) is 11.5 Å². The Morgan fingerprint density at radius 1 is 1.25 bits per heavy atom. The van der Waals surface area contributed by atoms with Crippen molar-refractivity contribution >= 4 is 33.6 Å². The summed E-state index contributed by atoms with van der Waals surface area (Å²) >= 11 is 5.01. The second-order valence-corrected chi connectivity index (χ2v) is 5.92. The molecule has 0 saturated carbocycles. The molecule has 1 aromatic carbocycles. The van der Waals surface area contributed by atoms with E-state index < -0.39 is 0 Å². The van der Waals surface area contributed by atoms with Gasteiger partial charge in [-0.2, -0.15) is 0 Å². The van der Waals surface area contributed by atoms with Gasteiger partial charge in [-0.1, -0.05) is 11.8 Å². The van der Waals surface area contributed by atoms with Crippen LogP contribution in [0.4, 0.5) is 5.95 Å². The highest BCUT2D eigenvalue weighted by molar-refractivity contribution is 9.10. The van der Waals surface area contributed by atoms with Gasteiger partial charge in [-0.25, -0.2) is 9.97 Å². The molecule has 0 radical (unpaired) electrons. The fraction of sp³-hybridized carbons (Fsp3) is 0.231. The van der Waals surface area contributed by atoms with Gasteiger partial charge in [0, 0.05) is 18.1 Å². The lowest BCUT2D eigenvalue weighted by atomic mass is 10.3. The fourth-order valence-corrected chi connectivity index (χ4v) is 2.98. The van der Waals surface area contributed by atoms with Crippen LogP contribution in [-0.4, -0.2) is 30.2 Å². The van der Waals surface area contributed by atoms with Crippen molar-refractivity contribution in [2.24, 2.45) is 0 Å². The number of hydrogen-bond acceptors (Lipinski definition) is 6. The third-order valence-electron chi connectivity index (χ3n) is 2.66. The third kappa shape index (κ3) is 2.83. The van der Waals surface area contributed by atoms with E-state index in [0.717, 1.165) is 25.9 Å². The summed E-state index contributed by atoms with van der Waals surface area (Å²) in [7, 11) is 1.79. The van der Waals surface area contributed by atoms with Gasteiger partial charge in [-0.15, -0.1) is 0 Å². The van der Waals surface area contributed by atoms with Crippen molar-refractivity contribution in [3.05, 3.63) is 28.9 Å². The first-order chi connectivity index (χ1) is 9.76. The van der Waals surface area contributed by atoms with Crippen molar-refractivity contribution in [1.82, 2.24) is 9.97 Å². The van der Waals surface area contributed by atoms with Gasteiger partial charge in [0.25, 0.3) is 0 Å². The maximum Gasteiger partial charge on any atom is 0.223 e. The molecular formula is C13H12BrN3O2S. The highest BCUT2D eigenvalue weighted by atomic mass is 79.9. The van der Waals surface area contributed by atoms with Crippen molar-refractivity contribution < 1.29 is 9.47 Å². The molecule has 0 saturated heterocycles. The third-order valence-corrected chi connectivity index (χ3v) is 4.50. The minimum atomic E-state index is 0.586. The molecule has 0 spiro atoms. The van der Waals surface area contributed by atoms with Crippen LogP contribution in [-0.2, 0) is 0 Å². The van der Waals surface area contributed by atoms with Crippen LogP contribution in [0, 0.1) is 0 Å². The molecule has 2 aromatic rings. The van der Waals surface area contributed by atoms with Crippen molar-refractivity contribution in [3.63, 3.8) is 0 Å². The second-order valence-electron chi connectivity index (χ2n) is 4.00. The van der Waals surface area contributed by atoms with Gasteiger partial charge in [0.15, 0.2) is 11.5 Å². The first-order valence-electron chi connectivity index (χ1n) is 6.04. The SMILES string of the molecule is CNc1ncc(Br)c(Sc2ccc3c(c2)OCCO3)n1. The minimum absolute atomic E-state index is 0.586. The number of nitrogens with zero attached hydrogens (tertiary/aromatic N) is 2. The van der Waals surface area contributed by atoms with E-state index in [0.29, 0.717) is 19.2 Å². The Morgan fingerprint density at radius 2 is 2.05 bits per heavy atom. The smallest absolute Gasteiger partial charge is 0.223 e. The molecule has 2 heterocycles. The second kappa shape index (κ2) is 5.88. The van der Waals surface area contributed by atoms with Gasteiger partial charge in [0.1, 0.15) is 18.2 Å². The summed E-state index contributed by atoms with van der Waals surface area (Å²) in [4.78, 5) is 9.60. The summed E-state index contributed by atoms with van der Waals surface area (Å²) in [6.45, 7) is 1.19. The van der Waals surface area contributed by atoms with E-state index in [1.165, 1.54) is 0 Å². The van der Waals surface area contributed by atoms with E-state index in [1.54, 1.807) is 25.0 Å². The Labute approximate surface area is 129 Å². The van der Waals surface area contributed by atoms with Crippen molar-refractivity contribution in [2.45, 2.75) is 9.92 Å². The predicted molar refractivity (Wildman–Crippen MR) is 80.8 cm³/mol. The molecule has 0 atom stereocenters. The summed E-state index contributed by atoms with van der Waals surface area (Å²) in [6.07, 6.45) is 1.74. The summed E-state index contributed by atoms with van der Waals surface area (Å²) in [5.41, 5.74) is 0. The number of hydrogen-bond donors (Lipinski definition) is 1. The van der Waals surface area contributed by atoms with Crippen molar-refractivity contribution in [3.8, 4) is 11.5 Å². The average Bonchev–Trinajstić information content (AvgIpc) is 2.49. The predicted octanol–water partition coefficient (Wildman–Crippen LogP) is 3.20. The van der Waals surface area contributed by atoms with Gasteiger partial charge in [0.05, 0.1) is 4.47 Å². The lowest BCUT2D eigenvalue weighted by Gasteiger charge is -2.18. The van der Waals surface area contributed by atoms with Crippen LogP contribution in [0.15, 0.2) is 38.8 Å². The molecule has 7 heteroatoms. The largest absolute Gasteiger partial charge is 0.486 e. The molecule has 1 N–H and O–H groups in total. The van der Waals surface area contributed by atoms with E-state index in [-0.39, 0.29) is 0 Å². The molecule has 0 unspecified atom stereocenters. The maximum absolute atomic E-state index is 5.58. The van der Waals surface area contributed by atoms with Gasteiger partial charge in [-0.3, -0.25) is 0 Å². The zero-order valence-corrected chi connectivity index (χ0v) is 13.1. The maximum atomic E-state index is 5.58. The Morgan fingerprint density at radius 3 is 2.85 bits per heavy atom. The molecule has 0 bridgehead atoms. The zero-order valence-electron chi connectivity index (χ0n) is 10.7. The summed E-state index contributed by atoms with van der Waals surface area (Å²) in [5.74, 6) is 2.16. The molecule has 1 aromatic heterocycles. The van der Waals surface area contributed by atoms with E-state index in [4.69, 9.17) is 9.47 Å². The van der Waals surface area contributed by atoms with Crippen LogP contribution in [0.2, 0.25) is 0 Å². The summed E-state index contributed by atoms with van der Waals surface area (Å²) in [5, 5.41) is 3.78. The number of aromatic nitrogens is 2. The molecule has 1 aliphatic rings. The first-order valence-corrected chi connectivity index (χ1v) is 7.65. The van der Waals surface area contributed by atoms with E-state index >= 15 is 0 Å². The van der Waals surface area contributed by atoms with Crippen LogP contribution in [0.3, 0.4) is 0 Å². The molecule has 104 valence electrons. The quantitative estimate of drug-likeness (QED) is 0.855. The number of fused-ring (bicyclic) bond motifs is 1. The van der Waals surface area contributed by atoms with Gasteiger partial charge in [0.2, 0.25) is 5.95 Å². The molecular weight excluding hydrogens is 342 g/mol. The molecule has 3 rings (SSSR count). The number of ether oxygens (including phenoxy) is 2. The Balaban J connectivity index is 1.87. The van der Waals surface area contributed by atoms with Crippen LogP contribution in [0.1, 0.15) is 0 Å². The molecule has 1 aliphatic heterocycles. The Hall–Kier alpha value is -1.47. The highest BCUT2D eigenvalue weighted by Gasteiger charge is 2.13. The van der Waals surface area contributed by atoms with Gasteiger partial charge < -0.3 is 14.8 Å². The van der Waals surface area contributed by atoms with Gasteiger partial charge in [-0.05, 0) is 34.1 Å². The van der Waals surface area contributed by atoms with Crippen molar-refractivity contribution in [1.29, 1.82) is 0 Å². The normalized spacial score (nSPS) is 13.1. The topological polar surface area (TPSA) is 56.3 Å². The van der Waals surface area contributed by atoms with Crippen LogP contribution < -0.4 is 14.8 Å². The lowest BCUT2D eigenvalue weighted by Crippen LogP contribution is -2.15. The first kappa shape index (κ1) is 13.5. The van der Waals surface area contributed by atoms with E-state index in [1.807, 2.05) is 18.2 Å². The molecule has 20 heavy (non-hydrogen) atoms. The summed E-state index contributed by atoms with van der Waals surface area (Å²) < 4.78 is 11.9. The number of nitrogens with one attached hydrogen (secondary N) is 1. The zero-order chi connectivity index (χ0) is 13.9. The lowest BCUT2D eigenvalue weighted by molar-refractivity contribution is 0.171.